The van der Waals surface area contributed by atoms with E-state index in [2.05, 4.69) is 4.90 Å². The minimum absolute atomic E-state index is 0.00693. The first-order valence-corrected chi connectivity index (χ1v) is 10.1. The molecule has 6 nitrogen and oxygen atoms in total. The fraction of sp³-hybridized carbons (Fsp3) is 0.429. The lowest BCUT2D eigenvalue weighted by Gasteiger charge is -2.39. The Morgan fingerprint density at radius 1 is 0.893 bits per heavy atom. The molecule has 0 spiro atoms. The van der Waals surface area contributed by atoms with Gasteiger partial charge >= 0.3 is 0 Å². The summed E-state index contributed by atoms with van der Waals surface area (Å²) in [7, 11) is 0. The molecule has 0 unspecified atom stereocenters. The van der Waals surface area contributed by atoms with Crippen LogP contribution in [0.25, 0.3) is 0 Å². The third-order valence-corrected chi connectivity index (χ3v) is 5.97. The van der Waals surface area contributed by atoms with Crippen LogP contribution in [0.5, 0.6) is 0 Å². The number of nitrogens with zero attached hydrogens (tertiary/aromatic N) is 3. The van der Waals surface area contributed by atoms with Crippen LogP contribution in [0.3, 0.4) is 0 Å². The van der Waals surface area contributed by atoms with Crippen LogP contribution < -0.4 is 4.90 Å². The van der Waals surface area contributed by atoms with Crippen molar-refractivity contribution < 1.29 is 14.0 Å². The van der Waals surface area contributed by atoms with E-state index in [4.69, 9.17) is 16.0 Å². The summed E-state index contributed by atoms with van der Waals surface area (Å²) < 4.78 is 5.19. The fourth-order valence-corrected chi connectivity index (χ4v) is 4.27. The SMILES string of the molecule is O=C(c1ccco1)N1CCC(C(=O)N2CCN(c3ccccc3Cl)CC2)CC1. The lowest BCUT2D eigenvalue weighted by Crippen LogP contribution is -2.52. The molecule has 2 aliphatic rings. The number of carbonyl (C=O) groups is 2. The second-order valence-electron chi connectivity index (χ2n) is 7.31. The third-order valence-electron chi connectivity index (χ3n) is 5.65. The molecule has 148 valence electrons. The summed E-state index contributed by atoms with van der Waals surface area (Å²) in [5.74, 6) is 0.473. The number of hydrogen-bond acceptors (Lipinski definition) is 4. The molecule has 2 saturated heterocycles. The molecular formula is C21H24ClN3O3. The van der Waals surface area contributed by atoms with Crippen molar-refractivity contribution in [1.29, 1.82) is 0 Å². The van der Waals surface area contributed by atoms with E-state index in [1.165, 1.54) is 6.26 Å². The van der Waals surface area contributed by atoms with E-state index in [9.17, 15) is 9.59 Å². The summed E-state index contributed by atoms with van der Waals surface area (Å²) in [6, 6.07) is 11.2. The monoisotopic (exact) mass is 401 g/mol. The highest BCUT2D eigenvalue weighted by atomic mass is 35.5. The number of piperazine rings is 1. The second kappa shape index (κ2) is 8.27. The third kappa shape index (κ3) is 3.87. The highest BCUT2D eigenvalue weighted by Gasteiger charge is 2.32. The van der Waals surface area contributed by atoms with E-state index in [1.54, 1.807) is 17.0 Å². The first-order valence-electron chi connectivity index (χ1n) is 9.74. The van der Waals surface area contributed by atoms with Crippen molar-refractivity contribution >= 4 is 29.1 Å². The topological polar surface area (TPSA) is 57.0 Å². The molecule has 2 aliphatic heterocycles. The molecule has 0 saturated carbocycles. The average molecular weight is 402 g/mol. The summed E-state index contributed by atoms with van der Waals surface area (Å²) >= 11 is 6.29. The number of benzene rings is 1. The van der Waals surface area contributed by atoms with Gasteiger partial charge in [-0.1, -0.05) is 23.7 Å². The Labute approximate surface area is 169 Å². The molecule has 4 rings (SSSR count). The Morgan fingerprint density at radius 2 is 1.61 bits per heavy atom. The van der Waals surface area contributed by atoms with Gasteiger partial charge in [-0.25, -0.2) is 0 Å². The van der Waals surface area contributed by atoms with E-state index in [1.807, 2.05) is 29.2 Å². The number of halogens is 1. The van der Waals surface area contributed by atoms with Crippen LogP contribution in [-0.4, -0.2) is 60.9 Å². The number of para-hydroxylation sites is 1. The highest BCUT2D eigenvalue weighted by molar-refractivity contribution is 6.33. The predicted molar refractivity (Wildman–Crippen MR) is 108 cm³/mol. The van der Waals surface area contributed by atoms with Gasteiger partial charge in [-0.2, -0.15) is 0 Å². The largest absolute Gasteiger partial charge is 0.459 e. The summed E-state index contributed by atoms with van der Waals surface area (Å²) in [6.07, 6.45) is 2.91. The van der Waals surface area contributed by atoms with Crippen LogP contribution in [0.4, 0.5) is 5.69 Å². The zero-order valence-electron chi connectivity index (χ0n) is 15.7. The Balaban J connectivity index is 1.28. The zero-order chi connectivity index (χ0) is 19.5. The van der Waals surface area contributed by atoms with Gasteiger partial charge in [0.05, 0.1) is 17.0 Å². The van der Waals surface area contributed by atoms with E-state index in [0.29, 0.717) is 44.8 Å². The number of likely N-dealkylation sites (tertiary alicyclic amines) is 1. The smallest absolute Gasteiger partial charge is 0.289 e. The van der Waals surface area contributed by atoms with E-state index in [0.717, 1.165) is 23.8 Å². The highest BCUT2D eigenvalue weighted by Crippen LogP contribution is 2.27. The normalized spacial score (nSPS) is 18.4. The number of hydrogen-bond donors (Lipinski definition) is 0. The van der Waals surface area contributed by atoms with Crippen molar-refractivity contribution in [1.82, 2.24) is 9.80 Å². The molecule has 2 fully saturated rings. The minimum atomic E-state index is -0.0933. The average Bonchev–Trinajstić information content (AvgIpc) is 3.28. The van der Waals surface area contributed by atoms with Crippen molar-refractivity contribution in [2.24, 2.45) is 5.92 Å². The van der Waals surface area contributed by atoms with Crippen LogP contribution in [0, 0.1) is 5.92 Å². The number of anilines is 1. The standard InChI is InChI=1S/C21H24ClN3O3/c22-17-4-1-2-5-18(17)23-11-13-25(14-12-23)20(26)16-7-9-24(10-8-16)21(27)19-6-3-15-28-19/h1-6,15-16H,7-14H2. The molecule has 0 bridgehead atoms. The number of amides is 2. The summed E-state index contributed by atoms with van der Waals surface area (Å²) in [4.78, 5) is 31.3. The zero-order valence-corrected chi connectivity index (χ0v) is 16.5. The van der Waals surface area contributed by atoms with E-state index in [-0.39, 0.29) is 17.7 Å². The van der Waals surface area contributed by atoms with E-state index >= 15 is 0 Å². The Morgan fingerprint density at radius 3 is 2.25 bits per heavy atom. The summed E-state index contributed by atoms with van der Waals surface area (Å²) in [5.41, 5.74) is 1.03. The van der Waals surface area contributed by atoms with Gasteiger partial charge in [0.25, 0.3) is 5.91 Å². The van der Waals surface area contributed by atoms with Gasteiger partial charge in [-0.05, 0) is 37.1 Å². The van der Waals surface area contributed by atoms with Crippen molar-refractivity contribution in [3.63, 3.8) is 0 Å². The number of furan rings is 1. The van der Waals surface area contributed by atoms with Crippen molar-refractivity contribution in [2.75, 3.05) is 44.2 Å². The quantitative estimate of drug-likeness (QED) is 0.792. The molecule has 2 amide bonds. The Kier molecular flexibility index (Phi) is 5.57. The van der Waals surface area contributed by atoms with E-state index < -0.39 is 0 Å². The Bertz CT molecular complexity index is 823. The number of rotatable bonds is 3. The van der Waals surface area contributed by atoms with Gasteiger partial charge in [-0.15, -0.1) is 0 Å². The summed E-state index contributed by atoms with van der Waals surface area (Å²) in [6.45, 7) is 4.16. The molecular weight excluding hydrogens is 378 g/mol. The summed E-state index contributed by atoms with van der Waals surface area (Å²) in [5, 5.41) is 0.746. The Hall–Kier alpha value is -2.47. The predicted octanol–water partition coefficient (Wildman–Crippen LogP) is 3.13. The minimum Gasteiger partial charge on any atom is -0.459 e. The second-order valence-corrected chi connectivity index (χ2v) is 7.71. The van der Waals surface area contributed by atoms with Gasteiger partial charge in [0.2, 0.25) is 5.91 Å². The molecule has 2 aromatic rings. The first-order chi connectivity index (χ1) is 13.6. The fourth-order valence-electron chi connectivity index (χ4n) is 4.02. The first kappa shape index (κ1) is 18.9. The van der Waals surface area contributed by atoms with Gasteiger partial charge in [0.15, 0.2) is 5.76 Å². The molecule has 3 heterocycles. The maximum atomic E-state index is 12.9. The van der Waals surface area contributed by atoms with Crippen LogP contribution in [0.15, 0.2) is 47.1 Å². The van der Waals surface area contributed by atoms with Gasteiger partial charge < -0.3 is 19.1 Å². The molecule has 28 heavy (non-hydrogen) atoms. The van der Waals surface area contributed by atoms with Crippen LogP contribution in [0.2, 0.25) is 5.02 Å². The van der Waals surface area contributed by atoms with Crippen molar-refractivity contribution in [3.05, 3.63) is 53.4 Å². The molecule has 0 atom stereocenters. The van der Waals surface area contributed by atoms with Crippen LogP contribution >= 0.6 is 11.6 Å². The lowest BCUT2D eigenvalue weighted by molar-refractivity contribution is -0.137. The molecule has 1 aromatic carbocycles. The molecule has 1 aromatic heterocycles. The molecule has 0 radical (unpaired) electrons. The maximum absolute atomic E-state index is 12.9. The number of carbonyl (C=O) groups excluding carboxylic acids is 2. The molecule has 0 N–H and O–H groups in total. The molecule has 7 heteroatoms. The van der Waals surface area contributed by atoms with Crippen LogP contribution in [-0.2, 0) is 4.79 Å². The van der Waals surface area contributed by atoms with Gasteiger partial charge in [0, 0.05) is 45.2 Å². The van der Waals surface area contributed by atoms with Gasteiger partial charge in [-0.3, -0.25) is 9.59 Å². The van der Waals surface area contributed by atoms with Crippen molar-refractivity contribution in [2.45, 2.75) is 12.8 Å². The van der Waals surface area contributed by atoms with Crippen LogP contribution in [0.1, 0.15) is 23.4 Å². The lowest BCUT2D eigenvalue weighted by atomic mass is 9.94. The van der Waals surface area contributed by atoms with Crippen molar-refractivity contribution in [3.8, 4) is 0 Å². The number of piperidine rings is 1. The van der Waals surface area contributed by atoms with Gasteiger partial charge in [0.1, 0.15) is 0 Å². The molecule has 0 aliphatic carbocycles. The maximum Gasteiger partial charge on any atom is 0.289 e.